The molecule has 0 saturated heterocycles. The van der Waals surface area contributed by atoms with Crippen molar-refractivity contribution in [3.8, 4) is 0 Å². The summed E-state index contributed by atoms with van der Waals surface area (Å²) >= 11 is 0. The first-order valence-corrected chi connectivity index (χ1v) is 3.58. The average molecular weight is 169 g/mol. The summed E-state index contributed by atoms with van der Waals surface area (Å²) in [7, 11) is 1.56. The van der Waals surface area contributed by atoms with Crippen LogP contribution in [0.4, 0.5) is 4.79 Å². The monoisotopic (exact) mass is 169 g/mol. The van der Waals surface area contributed by atoms with E-state index in [1.165, 1.54) is 4.90 Å². The molecule has 0 bridgehead atoms. The van der Waals surface area contributed by atoms with Crippen molar-refractivity contribution in [1.29, 1.82) is 0 Å². The molecule has 1 heterocycles. The number of allylic oxidation sites excluding steroid dienone is 2. The summed E-state index contributed by atoms with van der Waals surface area (Å²) in [6.45, 7) is 2.10. The molecule has 1 N–H and O–H groups in total. The van der Waals surface area contributed by atoms with Gasteiger partial charge in [-0.05, 0) is 19.1 Å². The standard InChI is InChI=1S/C8H11NO3/c1-6-5-7(12-2)3-4-9(6)8(10)11/h3,5H,4H2,1-2H3,(H,10,11). The highest BCUT2D eigenvalue weighted by Crippen LogP contribution is 2.14. The van der Waals surface area contributed by atoms with Gasteiger partial charge in [-0.25, -0.2) is 4.79 Å². The summed E-state index contributed by atoms with van der Waals surface area (Å²) in [5.74, 6) is 0.713. The summed E-state index contributed by atoms with van der Waals surface area (Å²) in [5.41, 5.74) is 0.682. The SMILES string of the molecule is COC1=CCN(C(=O)O)C(C)=C1. The number of hydrogen-bond acceptors (Lipinski definition) is 2. The minimum Gasteiger partial charge on any atom is -0.497 e. The van der Waals surface area contributed by atoms with E-state index in [4.69, 9.17) is 9.84 Å². The van der Waals surface area contributed by atoms with Gasteiger partial charge in [0.25, 0.3) is 0 Å². The number of rotatable bonds is 1. The van der Waals surface area contributed by atoms with E-state index in [9.17, 15) is 4.79 Å². The number of hydrogen-bond donors (Lipinski definition) is 1. The van der Waals surface area contributed by atoms with Gasteiger partial charge in [-0.3, -0.25) is 4.90 Å². The van der Waals surface area contributed by atoms with Gasteiger partial charge in [0.2, 0.25) is 0 Å². The molecule has 1 aliphatic rings. The van der Waals surface area contributed by atoms with Crippen LogP contribution < -0.4 is 0 Å². The Morgan fingerprint density at radius 1 is 1.75 bits per heavy atom. The zero-order chi connectivity index (χ0) is 9.14. The molecule has 0 spiro atoms. The molecule has 12 heavy (non-hydrogen) atoms. The molecule has 4 heteroatoms. The van der Waals surface area contributed by atoms with Crippen LogP contribution >= 0.6 is 0 Å². The maximum absolute atomic E-state index is 10.6. The lowest BCUT2D eigenvalue weighted by atomic mass is 10.2. The number of carbonyl (C=O) groups is 1. The van der Waals surface area contributed by atoms with Crippen LogP contribution in [0.25, 0.3) is 0 Å². The minimum absolute atomic E-state index is 0.362. The van der Waals surface area contributed by atoms with E-state index in [1.807, 2.05) is 0 Å². The maximum Gasteiger partial charge on any atom is 0.411 e. The third-order valence-corrected chi connectivity index (χ3v) is 1.72. The summed E-state index contributed by atoms with van der Waals surface area (Å²) in [4.78, 5) is 11.8. The molecule has 0 saturated carbocycles. The topological polar surface area (TPSA) is 49.8 Å². The van der Waals surface area contributed by atoms with Gasteiger partial charge in [0.05, 0.1) is 13.7 Å². The molecular formula is C8H11NO3. The zero-order valence-corrected chi connectivity index (χ0v) is 7.07. The van der Waals surface area contributed by atoms with Crippen molar-refractivity contribution in [2.45, 2.75) is 6.92 Å². The highest BCUT2D eigenvalue weighted by atomic mass is 16.5. The maximum atomic E-state index is 10.6. The van der Waals surface area contributed by atoms with Crippen molar-refractivity contribution in [2.24, 2.45) is 0 Å². The predicted octanol–water partition coefficient (Wildman–Crippen LogP) is 1.41. The Morgan fingerprint density at radius 2 is 2.42 bits per heavy atom. The summed E-state index contributed by atoms with van der Waals surface area (Å²) in [6.07, 6.45) is 2.48. The van der Waals surface area contributed by atoms with Crippen molar-refractivity contribution in [2.75, 3.05) is 13.7 Å². The molecule has 0 fully saturated rings. The fraction of sp³-hybridized carbons (Fsp3) is 0.375. The minimum atomic E-state index is -0.935. The van der Waals surface area contributed by atoms with Gasteiger partial charge in [0.15, 0.2) is 0 Å². The van der Waals surface area contributed by atoms with E-state index in [0.717, 1.165) is 0 Å². The first kappa shape index (κ1) is 8.64. The second kappa shape index (κ2) is 3.30. The van der Waals surface area contributed by atoms with E-state index in [-0.39, 0.29) is 0 Å². The first-order valence-electron chi connectivity index (χ1n) is 3.58. The highest BCUT2D eigenvalue weighted by molar-refractivity contribution is 5.68. The van der Waals surface area contributed by atoms with Crippen molar-refractivity contribution in [1.82, 2.24) is 4.90 Å². The van der Waals surface area contributed by atoms with Gasteiger partial charge in [0.1, 0.15) is 5.76 Å². The average Bonchev–Trinajstić information content (AvgIpc) is 2.03. The second-order valence-electron chi connectivity index (χ2n) is 2.49. The van der Waals surface area contributed by atoms with Crippen molar-refractivity contribution < 1.29 is 14.6 Å². The van der Waals surface area contributed by atoms with Gasteiger partial charge in [-0.2, -0.15) is 0 Å². The molecule has 1 aliphatic heterocycles. The third kappa shape index (κ3) is 1.58. The Bertz CT molecular complexity index is 255. The Hall–Kier alpha value is -1.45. The quantitative estimate of drug-likeness (QED) is 0.645. The lowest BCUT2D eigenvalue weighted by Gasteiger charge is -2.22. The molecule has 66 valence electrons. The third-order valence-electron chi connectivity index (χ3n) is 1.72. The summed E-state index contributed by atoms with van der Waals surface area (Å²) in [6, 6.07) is 0. The van der Waals surface area contributed by atoms with E-state index in [2.05, 4.69) is 0 Å². The fourth-order valence-electron chi connectivity index (χ4n) is 1.04. The molecule has 0 unspecified atom stereocenters. The van der Waals surface area contributed by atoms with Gasteiger partial charge in [0, 0.05) is 5.70 Å². The molecule has 0 aromatic carbocycles. The van der Waals surface area contributed by atoms with Crippen LogP contribution in [0.5, 0.6) is 0 Å². The molecule has 4 nitrogen and oxygen atoms in total. The van der Waals surface area contributed by atoms with Crippen LogP contribution in [0.1, 0.15) is 6.92 Å². The predicted molar refractivity (Wildman–Crippen MR) is 43.6 cm³/mol. The highest BCUT2D eigenvalue weighted by Gasteiger charge is 2.16. The van der Waals surface area contributed by atoms with Gasteiger partial charge >= 0.3 is 6.09 Å². The molecular weight excluding hydrogens is 158 g/mol. The van der Waals surface area contributed by atoms with Crippen molar-refractivity contribution in [3.05, 3.63) is 23.6 Å². The molecule has 0 atom stereocenters. The van der Waals surface area contributed by atoms with E-state index < -0.39 is 6.09 Å². The van der Waals surface area contributed by atoms with Crippen molar-refractivity contribution in [3.63, 3.8) is 0 Å². The number of carboxylic acid groups (broad SMARTS) is 1. The first-order chi connectivity index (χ1) is 5.65. The molecule has 0 aliphatic carbocycles. The Balaban J connectivity index is 2.76. The largest absolute Gasteiger partial charge is 0.497 e. The van der Waals surface area contributed by atoms with Gasteiger partial charge < -0.3 is 9.84 Å². The van der Waals surface area contributed by atoms with E-state index >= 15 is 0 Å². The van der Waals surface area contributed by atoms with Gasteiger partial charge in [-0.1, -0.05) is 0 Å². The van der Waals surface area contributed by atoms with Gasteiger partial charge in [-0.15, -0.1) is 0 Å². The van der Waals surface area contributed by atoms with Crippen LogP contribution in [-0.2, 0) is 4.74 Å². The van der Waals surface area contributed by atoms with Crippen LogP contribution in [0, 0.1) is 0 Å². The number of methoxy groups -OCH3 is 1. The molecule has 0 aromatic rings. The fourth-order valence-corrected chi connectivity index (χ4v) is 1.04. The molecule has 0 radical (unpaired) electrons. The lowest BCUT2D eigenvalue weighted by Crippen LogP contribution is -2.29. The van der Waals surface area contributed by atoms with E-state index in [1.54, 1.807) is 26.2 Å². The Kier molecular flexibility index (Phi) is 2.38. The Morgan fingerprint density at radius 3 is 2.83 bits per heavy atom. The van der Waals surface area contributed by atoms with Crippen molar-refractivity contribution >= 4 is 6.09 Å². The lowest BCUT2D eigenvalue weighted by molar-refractivity contribution is 0.160. The number of nitrogens with zero attached hydrogens (tertiary/aromatic N) is 1. The summed E-state index contributed by atoms with van der Waals surface area (Å²) in [5, 5.41) is 8.68. The number of ether oxygens (including phenoxy) is 1. The zero-order valence-electron chi connectivity index (χ0n) is 7.07. The van der Waals surface area contributed by atoms with Crippen LogP contribution in [-0.4, -0.2) is 29.8 Å². The molecule has 1 rings (SSSR count). The van der Waals surface area contributed by atoms with E-state index in [0.29, 0.717) is 18.0 Å². The summed E-state index contributed by atoms with van der Waals surface area (Å²) < 4.78 is 4.95. The van der Waals surface area contributed by atoms with Crippen LogP contribution in [0.2, 0.25) is 0 Å². The molecule has 0 aromatic heterocycles. The second-order valence-corrected chi connectivity index (χ2v) is 2.49. The smallest absolute Gasteiger partial charge is 0.411 e. The van der Waals surface area contributed by atoms with Crippen LogP contribution in [0.15, 0.2) is 23.6 Å². The number of amides is 1. The normalized spacial score (nSPS) is 16.7. The van der Waals surface area contributed by atoms with Crippen LogP contribution in [0.3, 0.4) is 0 Å². The Labute approximate surface area is 70.7 Å². The molecule has 1 amide bonds.